The smallest absolute Gasteiger partial charge is 0.320 e. The minimum Gasteiger partial charge on any atom is -0.320 e. The van der Waals surface area contributed by atoms with Gasteiger partial charge in [0, 0.05) is 28.3 Å². The first kappa shape index (κ1) is 12.4. The van der Waals surface area contributed by atoms with Crippen molar-refractivity contribution in [3.05, 3.63) is 29.3 Å². The van der Waals surface area contributed by atoms with Crippen LogP contribution in [0.3, 0.4) is 0 Å². The van der Waals surface area contributed by atoms with Crippen LogP contribution < -0.4 is 5.32 Å². The van der Waals surface area contributed by atoms with E-state index in [4.69, 9.17) is 0 Å². The number of anilines is 1. The molecule has 0 saturated carbocycles. The van der Waals surface area contributed by atoms with Crippen LogP contribution in [0.1, 0.15) is 11.1 Å². The van der Waals surface area contributed by atoms with E-state index < -0.39 is 9.84 Å². The molecule has 5 heteroatoms. The minimum atomic E-state index is -3.38. The normalized spacial score (nSPS) is 11.3. The molecule has 0 aromatic heterocycles. The number of aryl methyl sites for hydroxylation is 2. The molecule has 2 nitrogen and oxygen atoms in total. The minimum absolute atomic E-state index is 0.457. The van der Waals surface area contributed by atoms with Crippen LogP contribution in [-0.4, -0.2) is 9.84 Å². The number of hydrogen-bond donors (Lipinski definition) is 1. The molecule has 1 amide bonds. The summed E-state index contributed by atoms with van der Waals surface area (Å²) in [5, 5.41) is 2.22. The van der Waals surface area contributed by atoms with E-state index >= 15 is 0 Å². The molecule has 0 heterocycles. The van der Waals surface area contributed by atoms with Gasteiger partial charge in [-0.15, -0.1) is 0 Å². The van der Waals surface area contributed by atoms with Crippen molar-refractivity contribution < 1.29 is 13.6 Å². The van der Waals surface area contributed by atoms with Crippen LogP contribution in [0, 0.1) is 13.8 Å². The van der Waals surface area contributed by atoms with Crippen molar-refractivity contribution in [2.45, 2.75) is 17.8 Å². The fourth-order valence-corrected chi connectivity index (χ4v) is 1.33. The molecular weight excluding hydrogens is 315 g/mol. The summed E-state index contributed by atoms with van der Waals surface area (Å²) in [6.07, 6.45) is 0. The van der Waals surface area contributed by atoms with E-state index in [9.17, 15) is 13.6 Å². The van der Waals surface area contributed by atoms with Gasteiger partial charge in [0.2, 0.25) is 0 Å². The number of alkyl halides is 3. The summed E-state index contributed by atoms with van der Waals surface area (Å²) in [7, 11) is 0. The van der Waals surface area contributed by atoms with Crippen LogP contribution >= 0.6 is 22.6 Å². The van der Waals surface area contributed by atoms with Gasteiger partial charge in [0.25, 0.3) is 0 Å². The first-order valence-corrected chi connectivity index (χ1v) is 5.34. The Hall–Kier alpha value is -0.720. The van der Waals surface area contributed by atoms with Crippen molar-refractivity contribution in [3.63, 3.8) is 0 Å². The number of hydrogen-bond acceptors (Lipinski definition) is 1. The molecule has 0 radical (unpaired) electrons. The van der Waals surface area contributed by atoms with Crippen molar-refractivity contribution in [2.75, 3.05) is 5.32 Å². The molecule has 0 unspecified atom stereocenters. The van der Waals surface area contributed by atoms with Crippen molar-refractivity contribution >= 4 is 34.2 Å². The molecule has 0 aliphatic heterocycles. The van der Waals surface area contributed by atoms with Crippen LogP contribution in [0.4, 0.5) is 14.5 Å². The topological polar surface area (TPSA) is 29.1 Å². The third-order valence-electron chi connectivity index (χ3n) is 1.98. The zero-order valence-corrected chi connectivity index (χ0v) is 10.4. The van der Waals surface area contributed by atoms with E-state index in [-0.39, 0.29) is 0 Å². The lowest BCUT2D eigenvalue weighted by Gasteiger charge is -2.13. The number of carbonyl (C=O) groups is 1. The second-order valence-electron chi connectivity index (χ2n) is 3.22. The quantitative estimate of drug-likeness (QED) is 0.656. The Balaban J connectivity index is 2.95. The van der Waals surface area contributed by atoms with Gasteiger partial charge < -0.3 is 5.32 Å². The highest BCUT2D eigenvalue weighted by Crippen LogP contribution is 2.26. The van der Waals surface area contributed by atoms with Crippen LogP contribution in [0.5, 0.6) is 0 Å². The second-order valence-corrected chi connectivity index (χ2v) is 4.57. The van der Waals surface area contributed by atoms with Gasteiger partial charge in [-0.25, -0.2) is 0 Å². The molecule has 0 atom stereocenters. The van der Waals surface area contributed by atoms with E-state index in [1.54, 1.807) is 26.0 Å². The predicted molar refractivity (Wildman–Crippen MR) is 63.5 cm³/mol. The molecule has 1 N–H and O–H groups in total. The monoisotopic (exact) mass is 325 g/mol. The summed E-state index contributed by atoms with van der Waals surface area (Å²) in [6, 6.07) is 5.32. The number of carbonyl (C=O) groups excluding carboxylic acids is 1. The Morgan fingerprint density at radius 3 is 2.20 bits per heavy atom. The van der Waals surface area contributed by atoms with E-state index in [0.29, 0.717) is 5.69 Å². The maximum absolute atomic E-state index is 12.6. The first-order valence-electron chi connectivity index (χ1n) is 4.27. The third-order valence-corrected chi connectivity index (χ3v) is 2.47. The molecule has 82 valence electrons. The summed E-state index contributed by atoms with van der Waals surface area (Å²) in [5.74, 6) is -1.29. The average molecular weight is 325 g/mol. The van der Waals surface area contributed by atoms with Gasteiger partial charge in [0.1, 0.15) is 0 Å². The summed E-state index contributed by atoms with van der Waals surface area (Å²) >= 11 is 0.807. The molecule has 0 aliphatic carbocycles. The molecule has 0 saturated heterocycles. The van der Waals surface area contributed by atoms with E-state index in [1.165, 1.54) is 0 Å². The molecular formula is C10H10F2INO. The molecule has 15 heavy (non-hydrogen) atoms. The van der Waals surface area contributed by atoms with Crippen LogP contribution in [0.2, 0.25) is 0 Å². The Bertz CT molecular complexity index is 367. The number of nitrogens with one attached hydrogen (secondary N) is 1. The third kappa shape index (κ3) is 3.12. The molecule has 0 fully saturated rings. The predicted octanol–water partition coefficient (Wildman–Crippen LogP) is 3.27. The fraction of sp³-hybridized carbons (Fsp3) is 0.300. The molecule has 0 aliphatic rings. The molecule has 0 bridgehead atoms. The standard InChI is InChI=1S/C10H10F2INO/c1-6-4-3-5-7(2)8(6)14-9(15)10(11,12)13/h3-5H,1-2H3,(H,14,15). The Morgan fingerprint density at radius 1 is 1.33 bits per heavy atom. The maximum atomic E-state index is 12.6. The number of para-hydroxylation sites is 1. The van der Waals surface area contributed by atoms with Crippen LogP contribution in [-0.2, 0) is 4.79 Å². The van der Waals surface area contributed by atoms with Crippen LogP contribution in [0.15, 0.2) is 18.2 Å². The lowest BCUT2D eigenvalue weighted by molar-refractivity contribution is -0.127. The van der Waals surface area contributed by atoms with Crippen molar-refractivity contribution in [2.24, 2.45) is 0 Å². The Kier molecular flexibility index (Phi) is 3.64. The molecule has 1 rings (SSSR count). The number of halogens is 3. The highest BCUT2D eigenvalue weighted by molar-refractivity contribution is 14.1. The molecule has 0 spiro atoms. The van der Waals surface area contributed by atoms with Gasteiger partial charge in [-0.2, -0.15) is 8.78 Å². The first-order chi connectivity index (χ1) is 6.82. The maximum Gasteiger partial charge on any atom is 0.372 e. The van der Waals surface area contributed by atoms with Gasteiger partial charge >= 0.3 is 9.84 Å². The SMILES string of the molecule is Cc1cccc(C)c1NC(=O)C(F)(F)I. The number of benzene rings is 1. The number of amides is 1. The van der Waals surface area contributed by atoms with Crippen LogP contribution in [0.25, 0.3) is 0 Å². The molecule has 1 aromatic carbocycles. The van der Waals surface area contributed by atoms with Gasteiger partial charge in [-0.05, 0) is 25.0 Å². The zero-order chi connectivity index (χ0) is 11.6. The van der Waals surface area contributed by atoms with Crippen molar-refractivity contribution in [3.8, 4) is 0 Å². The summed E-state index contributed by atoms with van der Waals surface area (Å²) in [5.41, 5.74) is 1.99. The Morgan fingerprint density at radius 2 is 1.80 bits per heavy atom. The lowest BCUT2D eigenvalue weighted by Crippen LogP contribution is -2.28. The highest BCUT2D eigenvalue weighted by Gasteiger charge is 2.35. The van der Waals surface area contributed by atoms with E-state index in [2.05, 4.69) is 5.32 Å². The summed E-state index contributed by atoms with van der Waals surface area (Å²) in [4.78, 5) is 11.1. The summed E-state index contributed by atoms with van der Waals surface area (Å²) in [6.45, 7) is 3.52. The van der Waals surface area contributed by atoms with Crippen molar-refractivity contribution in [1.82, 2.24) is 0 Å². The lowest BCUT2D eigenvalue weighted by atomic mass is 10.1. The highest BCUT2D eigenvalue weighted by atomic mass is 127. The fourth-order valence-electron chi connectivity index (χ4n) is 1.20. The summed E-state index contributed by atoms with van der Waals surface area (Å²) < 4.78 is 21.9. The largest absolute Gasteiger partial charge is 0.372 e. The van der Waals surface area contributed by atoms with Gasteiger partial charge in [0.15, 0.2) is 0 Å². The van der Waals surface area contributed by atoms with Gasteiger partial charge in [-0.1, -0.05) is 18.2 Å². The average Bonchev–Trinajstić information content (AvgIpc) is 2.09. The Labute approximate surface area is 100 Å². The van der Waals surface area contributed by atoms with Gasteiger partial charge in [0.05, 0.1) is 0 Å². The van der Waals surface area contributed by atoms with E-state index in [1.807, 2.05) is 6.07 Å². The second kappa shape index (κ2) is 4.42. The zero-order valence-electron chi connectivity index (χ0n) is 8.27. The number of rotatable bonds is 2. The van der Waals surface area contributed by atoms with Crippen molar-refractivity contribution in [1.29, 1.82) is 0 Å². The van der Waals surface area contributed by atoms with E-state index in [0.717, 1.165) is 33.7 Å². The molecule has 1 aromatic rings. The van der Waals surface area contributed by atoms with Gasteiger partial charge in [-0.3, -0.25) is 4.79 Å².